The minimum Gasteiger partial charge on any atom is -0.456 e. The average molecular weight is 700 g/mol. The van der Waals surface area contributed by atoms with Crippen LogP contribution in [0.2, 0.25) is 0 Å². The number of amides is 1. The fourth-order valence-electron chi connectivity index (χ4n) is 5.57. The molecule has 12 heteroatoms. The molecule has 1 spiro atoms. The summed E-state index contributed by atoms with van der Waals surface area (Å²) >= 11 is 0. The van der Waals surface area contributed by atoms with Gasteiger partial charge in [-0.3, -0.25) is 14.4 Å². The highest BCUT2D eigenvalue weighted by atomic mass is 19.1. The van der Waals surface area contributed by atoms with Crippen LogP contribution in [0.25, 0.3) is 0 Å². The van der Waals surface area contributed by atoms with Crippen molar-refractivity contribution in [2.24, 2.45) is 10.8 Å². The second-order valence-corrected chi connectivity index (χ2v) is 14.4. The van der Waals surface area contributed by atoms with Gasteiger partial charge in [-0.1, -0.05) is 30.3 Å². The number of nitrogens with one attached hydrogen (secondary N) is 1. The summed E-state index contributed by atoms with van der Waals surface area (Å²) in [5, 5.41) is 12.1. The molecule has 51 heavy (non-hydrogen) atoms. The molecule has 0 saturated heterocycles. The first kappa shape index (κ1) is 35.2. The Labute approximate surface area is 292 Å². The van der Waals surface area contributed by atoms with Crippen molar-refractivity contribution in [3.8, 4) is 23.0 Å². The van der Waals surface area contributed by atoms with Gasteiger partial charge in [-0.05, 0) is 76.9 Å². The molecule has 2 N–H and O–H groups in total. The molecule has 1 amide bonds. The molecule has 0 saturated carbocycles. The van der Waals surface area contributed by atoms with Crippen LogP contribution in [0.5, 0.6) is 23.0 Å². The van der Waals surface area contributed by atoms with Gasteiger partial charge in [0, 0.05) is 29.8 Å². The lowest BCUT2D eigenvalue weighted by molar-refractivity contribution is -0.143. The highest BCUT2D eigenvalue weighted by Gasteiger charge is 2.55. The quantitative estimate of drug-likeness (QED) is 0.163. The molecule has 10 nitrogen and oxygen atoms in total. The van der Waals surface area contributed by atoms with E-state index in [-0.39, 0.29) is 52.5 Å². The third-order valence-electron chi connectivity index (χ3n) is 8.46. The third kappa shape index (κ3) is 6.43. The first-order valence-corrected chi connectivity index (χ1v) is 16.1. The number of esters is 3. The number of hydrogen-bond acceptors (Lipinski definition) is 9. The summed E-state index contributed by atoms with van der Waals surface area (Å²) in [6.07, 6.45) is 0. The normalized spacial score (nSPS) is 14.1. The van der Waals surface area contributed by atoms with Gasteiger partial charge >= 0.3 is 17.9 Å². The van der Waals surface area contributed by atoms with Crippen LogP contribution in [0, 0.1) is 22.5 Å². The number of halogens is 2. The largest absolute Gasteiger partial charge is 0.456 e. The Bertz CT molecular complexity index is 2030. The monoisotopic (exact) mass is 699 g/mol. The summed E-state index contributed by atoms with van der Waals surface area (Å²) in [6.45, 7) is 9.64. The summed E-state index contributed by atoms with van der Waals surface area (Å²) in [7, 11) is 0. The maximum atomic E-state index is 15.8. The second kappa shape index (κ2) is 12.6. The van der Waals surface area contributed by atoms with Gasteiger partial charge in [0.2, 0.25) is 0 Å². The maximum absolute atomic E-state index is 15.8. The molecule has 0 atom stereocenters. The molecule has 2 aliphatic rings. The Morgan fingerprint density at radius 2 is 1.25 bits per heavy atom. The first-order chi connectivity index (χ1) is 23.9. The van der Waals surface area contributed by atoms with Crippen LogP contribution < -0.4 is 19.5 Å². The predicted molar refractivity (Wildman–Crippen MR) is 178 cm³/mol. The number of rotatable bonds is 6. The molecule has 264 valence electrons. The Hall–Kier alpha value is -5.62. The number of benzene rings is 4. The Kier molecular flexibility index (Phi) is 8.71. The van der Waals surface area contributed by atoms with E-state index in [0.29, 0.717) is 0 Å². The van der Waals surface area contributed by atoms with Gasteiger partial charge in [0.1, 0.15) is 11.5 Å². The van der Waals surface area contributed by atoms with E-state index in [1.165, 1.54) is 18.2 Å². The molecule has 2 heterocycles. The van der Waals surface area contributed by atoms with E-state index >= 15 is 8.78 Å². The van der Waals surface area contributed by atoms with Crippen LogP contribution in [0.3, 0.4) is 0 Å². The van der Waals surface area contributed by atoms with Crippen LogP contribution in [-0.4, -0.2) is 28.9 Å². The van der Waals surface area contributed by atoms with E-state index < -0.39 is 63.4 Å². The van der Waals surface area contributed by atoms with Gasteiger partial charge in [-0.15, -0.1) is 0 Å². The van der Waals surface area contributed by atoms with Gasteiger partial charge < -0.3 is 29.4 Å². The predicted octanol–water partition coefficient (Wildman–Crippen LogP) is 6.86. The Morgan fingerprint density at radius 1 is 0.745 bits per heavy atom. The van der Waals surface area contributed by atoms with Crippen molar-refractivity contribution in [1.29, 1.82) is 0 Å². The van der Waals surface area contributed by atoms with Crippen molar-refractivity contribution in [2.75, 3.05) is 0 Å². The van der Waals surface area contributed by atoms with Crippen molar-refractivity contribution >= 4 is 23.8 Å². The number of carbonyl (C=O) groups is 4. The zero-order valence-electron chi connectivity index (χ0n) is 28.7. The molecule has 0 fully saturated rings. The number of hydrogen-bond donors (Lipinski definition) is 2. The minimum absolute atomic E-state index is 0.0407. The highest BCUT2D eigenvalue weighted by Crippen LogP contribution is 2.58. The van der Waals surface area contributed by atoms with E-state index in [2.05, 4.69) is 5.32 Å². The average Bonchev–Trinajstić information content (AvgIpc) is 3.36. The van der Waals surface area contributed by atoms with Crippen LogP contribution >= 0.6 is 0 Å². The fourth-order valence-corrected chi connectivity index (χ4v) is 5.57. The summed E-state index contributed by atoms with van der Waals surface area (Å²) in [5.74, 6) is -5.91. The summed E-state index contributed by atoms with van der Waals surface area (Å²) < 4.78 is 54.4. The van der Waals surface area contributed by atoms with Crippen molar-refractivity contribution in [3.05, 3.63) is 117 Å². The molecule has 6 rings (SSSR count). The lowest BCUT2D eigenvalue weighted by atomic mass is 9.77. The molecule has 4 aromatic rings. The van der Waals surface area contributed by atoms with Crippen LogP contribution in [0.4, 0.5) is 8.78 Å². The van der Waals surface area contributed by atoms with Crippen molar-refractivity contribution in [3.63, 3.8) is 0 Å². The standard InChI is InChI=1S/C39H35F2NO9/c1-37(2,3)35(46)49-31-16-29-25(14-27(31)40)39(26-15-28(41)32(17-30(26)48-29)50-36(47)38(4,5)6)24-12-11-22(13-23(24)34(45)51-39)33(44)42-18-20-7-9-21(19-43)10-8-20/h7-17,43H,18-19H2,1-6H3,(H,42,44). The number of carbonyl (C=O) groups excluding carboxylic acids is 4. The molecule has 4 aromatic carbocycles. The van der Waals surface area contributed by atoms with E-state index in [1.807, 2.05) is 0 Å². The number of aliphatic hydroxyl groups excluding tert-OH is 1. The minimum atomic E-state index is -1.99. The van der Waals surface area contributed by atoms with Crippen molar-refractivity contribution in [2.45, 2.75) is 60.3 Å². The maximum Gasteiger partial charge on any atom is 0.340 e. The van der Waals surface area contributed by atoms with E-state index in [0.717, 1.165) is 35.4 Å². The SMILES string of the molecule is CC(C)(C)C(=O)Oc1cc2c(cc1F)C1(OC(=O)c3cc(C(=O)NCc4ccc(CO)cc4)ccc31)c1cc(F)c(OC(=O)C(C)(C)C)cc1O2. The number of ether oxygens (including phenoxy) is 4. The second-order valence-electron chi connectivity index (χ2n) is 14.4. The van der Waals surface area contributed by atoms with Gasteiger partial charge in [0.15, 0.2) is 28.7 Å². The van der Waals surface area contributed by atoms with E-state index in [9.17, 15) is 24.3 Å². The molecule has 0 unspecified atom stereocenters. The van der Waals surface area contributed by atoms with E-state index in [1.54, 1.807) is 65.8 Å². The molecule has 0 bridgehead atoms. The fraction of sp³-hybridized carbons (Fsp3) is 0.282. The number of aliphatic hydroxyl groups is 1. The lowest BCUT2D eigenvalue weighted by Crippen LogP contribution is -2.34. The van der Waals surface area contributed by atoms with Gasteiger partial charge in [0.25, 0.3) is 5.91 Å². The molecular weight excluding hydrogens is 664 g/mol. The van der Waals surface area contributed by atoms with Gasteiger partial charge in [-0.25, -0.2) is 13.6 Å². The summed E-state index contributed by atoms with van der Waals surface area (Å²) in [4.78, 5) is 52.2. The zero-order valence-corrected chi connectivity index (χ0v) is 28.7. The van der Waals surface area contributed by atoms with Crippen molar-refractivity contribution < 1.29 is 52.0 Å². The molecule has 0 aromatic heterocycles. The molecule has 2 aliphatic heterocycles. The third-order valence-corrected chi connectivity index (χ3v) is 8.46. The van der Waals surface area contributed by atoms with Crippen molar-refractivity contribution in [1.82, 2.24) is 5.32 Å². The first-order valence-electron chi connectivity index (χ1n) is 16.1. The zero-order chi connectivity index (χ0) is 37.0. The molecule has 0 aliphatic carbocycles. The van der Waals surface area contributed by atoms with Crippen LogP contribution in [0.1, 0.15) is 90.1 Å². The van der Waals surface area contributed by atoms with Crippen LogP contribution in [-0.2, 0) is 33.1 Å². The van der Waals surface area contributed by atoms with Crippen LogP contribution in [0.15, 0.2) is 66.7 Å². The highest BCUT2D eigenvalue weighted by molar-refractivity contribution is 6.01. The number of fused-ring (bicyclic) bond motifs is 6. The summed E-state index contributed by atoms with van der Waals surface area (Å²) in [6, 6.07) is 15.5. The molecular formula is C39H35F2NO9. The van der Waals surface area contributed by atoms with Gasteiger partial charge in [0.05, 0.1) is 34.1 Å². The van der Waals surface area contributed by atoms with Gasteiger partial charge in [-0.2, -0.15) is 0 Å². The lowest BCUT2D eigenvalue weighted by Gasteiger charge is -2.37. The summed E-state index contributed by atoms with van der Waals surface area (Å²) in [5.41, 5.74) is -2.30. The Morgan fingerprint density at radius 3 is 1.75 bits per heavy atom. The Balaban J connectivity index is 1.45. The topological polar surface area (TPSA) is 137 Å². The smallest absolute Gasteiger partial charge is 0.340 e. The molecule has 0 radical (unpaired) electrons. The van der Waals surface area contributed by atoms with E-state index in [4.69, 9.17) is 18.9 Å².